The molecule has 0 radical (unpaired) electrons. The Hall–Kier alpha value is -1.06. The van der Waals surface area contributed by atoms with Crippen molar-refractivity contribution in [3.8, 4) is 0 Å². The van der Waals surface area contributed by atoms with Gasteiger partial charge < -0.3 is 19.9 Å². The average Bonchev–Trinajstić information content (AvgIpc) is 2.69. The van der Waals surface area contributed by atoms with E-state index in [4.69, 9.17) is 9.47 Å². The summed E-state index contributed by atoms with van der Waals surface area (Å²) in [5, 5.41) is 12.0. The highest BCUT2D eigenvalue weighted by molar-refractivity contribution is 5.68. The Morgan fingerprint density at radius 1 is 1.39 bits per heavy atom. The first-order valence-electron chi connectivity index (χ1n) is 7.40. The van der Waals surface area contributed by atoms with Gasteiger partial charge in [-0.25, -0.2) is 4.79 Å². The Bertz CT molecular complexity index is 398. The monoisotopic (exact) mass is 342 g/mol. The molecule has 9 heteroatoms. The Morgan fingerprint density at radius 3 is 2.43 bits per heavy atom. The van der Waals surface area contributed by atoms with Crippen molar-refractivity contribution in [2.45, 2.75) is 57.2 Å². The predicted octanol–water partition coefficient (Wildman–Crippen LogP) is 1.52. The molecule has 0 aromatic heterocycles. The summed E-state index contributed by atoms with van der Waals surface area (Å²) in [7, 11) is 1.59. The van der Waals surface area contributed by atoms with Gasteiger partial charge in [0, 0.05) is 6.54 Å². The number of rotatable bonds is 5. The molecule has 1 rings (SSSR count). The SMILES string of the molecule is CN(C[C@H](CC(F)(F)F)NC(=O)OC(C)(C)C)[C@@H]1COC[C@H]1O. The molecular formula is C14H25F3N2O4. The van der Waals surface area contributed by atoms with E-state index in [2.05, 4.69) is 5.32 Å². The fourth-order valence-corrected chi connectivity index (χ4v) is 2.35. The van der Waals surface area contributed by atoms with Crippen LogP contribution < -0.4 is 5.32 Å². The molecule has 1 aliphatic rings. The molecule has 1 heterocycles. The Labute approximate surface area is 133 Å². The molecule has 0 saturated carbocycles. The van der Waals surface area contributed by atoms with E-state index in [-0.39, 0.29) is 19.8 Å². The highest BCUT2D eigenvalue weighted by Gasteiger charge is 2.36. The first-order valence-corrected chi connectivity index (χ1v) is 7.40. The zero-order valence-electron chi connectivity index (χ0n) is 13.8. The number of alkyl halides is 3. The van der Waals surface area contributed by atoms with Crippen LogP contribution in [0.1, 0.15) is 27.2 Å². The van der Waals surface area contributed by atoms with Gasteiger partial charge in [-0.05, 0) is 27.8 Å². The summed E-state index contributed by atoms with van der Waals surface area (Å²) in [4.78, 5) is 13.3. The quantitative estimate of drug-likeness (QED) is 0.793. The first-order chi connectivity index (χ1) is 10.4. The van der Waals surface area contributed by atoms with Crippen LogP contribution in [0.15, 0.2) is 0 Å². The number of halogens is 3. The number of nitrogens with zero attached hydrogens (tertiary/aromatic N) is 1. The maximum absolute atomic E-state index is 12.7. The molecule has 6 nitrogen and oxygen atoms in total. The lowest BCUT2D eigenvalue weighted by Gasteiger charge is -2.31. The highest BCUT2D eigenvalue weighted by atomic mass is 19.4. The van der Waals surface area contributed by atoms with E-state index in [1.807, 2.05) is 0 Å². The number of likely N-dealkylation sites (N-methyl/N-ethyl adjacent to an activating group) is 1. The minimum absolute atomic E-state index is 0.0795. The number of hydrogen-bond acceptors (Lipinski definition) is 5. The number of alkyl carbamates (subject to hydrolysis) is 1. The summed E-state index contributed by atoms with van der Waals surface area (Å²) >= 11 is 0. The van der Waals surface area contributed by atoms with Crippen molar-refractivity contribution in [3.63, 3.8) is 0 Å². The predicted molar refractivity (Wildman–Crippen MR) is 77.1 cm³/mol. The van der Waals surface area contributed by atoms with Crippen molar-refractivity contribution < 1.29 is 32.5 Å². The standard InChI is InChI=1S/C14H25F3N2O4/c1-13(2,3)23-12(21)18-9(5-14(15,16)17)6-19(4)10-7-22-8-11(10)20/h9-11,20H,5-8H2,1-4H3,(H,18,21)/t9-,10+,11+/m0/s1. The lowest BCUT2D eigenvalue weighted by atomic mass is 10.1. The van der Waals surface area contributed by atoms with Gasteiger partial charge in [-0.15, -0.1) is 0 Å². The molecule has 0 aromatic carbocycles. The number of carbonyl (C=O) groups is 1. The first kappa shape index (κ1) is 20.0. The van der Waals surface area contributed by atoms with Gasteiger partial charge in [0.25, 0.3) is 0 Å². The summed E-state index contributed by atoms with van der Waals surface area (Å²) < 4.78 is 48.2. The molecule has 0 unspecified atom stereocenters. The third-order valence-electron chi connectivity index (χ3n) is 3.29. The minimum Gasteiger partial charge on any atom is -0.444 e. The maximum atomic E-state index is 12.7. The summed E-state index contributed by atoms with van der Waals surface area (Å²) in [6.45, 7) is 5.20. The Morgan fingerprint density at radius 2 is 2.00 bits per heavy atom. The summed E-state index contributed by atoms with van der Waals surface area (Å²) in [6, 6.07) is -1.58. The highest BCUT2D eigenvalue weighted by Crippen LogP contribution is 2.23. The molecule has 0 aromatic rings. The minimum atomic E-state index is -4.43. The van der Waals surface area contributed by atoms with Gasteiger partial charge in [0.15, 0.2) is 0 Å². The third-order valence-corrected chi connectivity index (χ3v) is 3.29. The molecule has 0 aliphatic carbocycles. The smallest absolute Gasteiger partial charge is 0.407 e. The summed E-state index contributed by atoms with van der Waals surface area (Å²) in [5.41, 5.74) is -0.797. The van der Waals surface area contributed by atoms with E-state index in [1.54, 1.807) is 32.7 Å². The second kappa shape index (κ2) is 7.67. The van der Waals surface area contributed by atoms with Crippen molar-refractivity contribution in [1.29, 1.82) is 0 Å². The molecule has 0 spiro atoms. The average molecular weight is 342 g/mol. The van der Waals surface area contributed by atoms with Gasteiger partial charge in [-0.2, -0.15) is 13.2 Å². The number of carbonyl (C=O) groups excluding carboxylic acids is 1. The number of amides is 1. The number of aliphatic hydroxyl groups is 1. The van der Waals surface area contributed by atoms with Gasteiger partial charge >= 0.3 is 12.3 Å². The summed E-state index contributed by atoms with van der Waals surface area (Å²) in [5.74, 6) is 0. The van der Waals surface area contributed by atoms with E-state index in [0.29, 0.717) is 0 Å². The molecule has 2 N–H and O–H groups in total. The Balaban J connectivity index is 2.66. The van der Waals surface area contributed by atoms with Crippen molar-refractivity contribution in [2.24, 2.45) is 0 Å². The van der Waals surface area contributed by atoms with Crippen LogP contribution in [0, 0.1) is 0 Å². The molecule has 1 saturated heterocycles. The van der Waals surface area contributed by atoms with Crippen LogP contribution in [0.2, 0.25) is 0 Å². The van der Waals surface area contributed by atoms with Crippen LogP contribution in [-0.2, 0) is 9.47 Å². The van der Waals surface area contributed by atoms with E-state index in [1.165, 1.54) is 0 Å². The molecule has 23 heavy (non-hydrogen) atoms. The van der Waals surface area contributed by atoms with Crippen LogP contribution in [-0.4, -0.2) is 72.9 Å². The third kappa shape index (κ3) is 7.85. The zero-order valence-corrected chi connectivity index (χ0v) is 13.8. The Kier molecular flexibility index (Phi) is 6.67. The molecular weight excluding hydrogens is 317 g/mol. The lowest BCUT2D eigenvalue weighted by molar-refractivity contribution is -0.141. The summed E-state index contributed by atoms with van der Waals surface area (Å²) in [6.07, 6.45) is -7.26. The molecule has 3 atom stereocenters. The van der Waals surface area contributed by atoms with Crippen molar-refractivity contribution in [1.82, 2.24) is 10.2 Å². The largest absolute Gasteiger partial charge is 0.444 e. The second-order valence-corrected chi connectivity index (χ2v) is 6.77. The van der Waals surface area contributed by atoms with Crippen molar-refractivity contribution in [2.75, 3.05) is 26.8 Å². The van der Waals surface area contributed by atoms with Gasteiger partial charge in [0.05, 0.1) is 37.8 Å². The number of hydrogen-bond donors (Lipinski definition) is 2. The van der Waals surface area contributed by atoms with E-state index < -0.39 is 42.5 Å². The molecule has 1 amide bonds. The van der Waals surface area contributed by atoms with Crippen molar-refractivity contribution in [3.05, 3.63) is 0 Å². The van der Waals surface area contributed by atoms with Crippen LogP contribution in [0.3, 0.4) is 0 Å². The fraction of sp³-hybridized carbons (Fsp3) is 0.929. The topological polar surface area (TPSA) is 71.0 Å². The van der Waals surface area contributed by atoms with Gasteiger partial charge in [0.2, 0.25) is 0 Å². The van der Waals surface area contributed by atoms with E-state index in [9.17, 15) is 23.1 Å². The lowest BCUT2D eigenvalue weighted by Crippen LogP contribution is -2.50. The molecule has 0 bridgehead atoms. The number of ether oxygens (including phenoxy) is 2. The van der Waals surface area contributed by atoms with E-state index >= 15 is 0 Å². The maximum Gasteiger partial charge on any atom is 0.407 e. The zero-order chi connectivity index (χ0) is 17.8. The molecule has 136 valence electrons. The number of nitrogens with one attached hydrogen (secondary N) is 1. The van der Waals surface area contributed by atoms with Crippen LogP contribution in [0.4, 0.5) is 18.0 Å². The second-order valence-electron chi connectivity index (χ2n) is 6.77. The van der Waals surface area contributed by atoms with Crippen LogP contribution >= 0.6 is 0 Å². The molecule has 1 aliphatic heterocycles. The normalized spacial score (nSPS) is 23.9. The van der Waals surface area contributed by atoms with Gasteiger partial charge in [0.1, 0.15) is 5.60 Å². The van der Waals surface area contributed by atoms with Gasteiger partial charge in [-0.3, -0.25) is 4.90 Å². The van der Waals surface area contributed by atoms with E-state index in [0.717, 1.165) is 0 Å². The number of aliphatic hydroxyl groups excluding tert-OH is 1. The van der Waals surface area contributed by atoms with Crippen LogP contribution in [0.5, 0.6) is 0 Å². The molecule has 1 fully saturated rings. The fourth-order valence-electron chi connectivity index (χ4n) is 2.35. The van der Waals surface area contributed by atoms with Crippen LogP contribution in [0.25, 0.3) is 0 Å². The van der Waals surface area contributed by atoms with Gasteiger partial charge in [-0.1, -0.05) is 0 Å². The van der Waals surface area contributed by atoms with Crippen molar-refractivity contribution >= 4 is 6.09 Å².